The molecule has 0 aliphatic carbocycles. The quantitative estimate of drug-likeness (QED) is 0.249. The van der Waals surface area contributed by atoms with Crippen molar-refractivity contribution in [3.63, 3.8) is 0 Å². The molecule has 3 N–H and O–H groups in total. The number of aromatic amines is 1. The van der Waals surface area contributed by atoms with Gasteiger partial charge in [0, 0.05) is 0 Å². The Labute approximate surface area is 224 Å². The molecule has 0 unspecified atom stereocenters. The van der Waals surface area contributed by atoms with Gasteiger partial charge in [0.15, 0.2) is 5.13 Å². The van der Waals surface area contributed by atoms with Crippen LogP contribution in [0.25, 0.3) is 21.3 Å². The second-order valence-corrected chi connectivity index (χ2v) is 12.1. The van der Waals surface area contributed by atoms with E-state index in [1.807, 2.05) is 29.0 Å². The highest BCUT2D eigenvalue weighted by Crippen LogP contribution is 2.34. The summed E-state index contributed by atoms with van der Waals surface area (Å²) in [4.78, 5) is 23.8. The molecule has 3 heterocycles. The predicted molar refractivity (Wildman–Crippen MR) is 142 cm³/mol. The summed E-state index contributed by atoms with van der Waals surface area (Å²) in [5.74, 6) is -0.108. The number of carbonyl (C=O) groups excluding carboxylic acids is 1. The van der Waals surface area contributed by atoms with Crippen molar-refractivity contribution in [2.45, 2.75) is 30.3 Å². The van der Waals surface area contributed by atoms with Crippen molar-refractivity contribution in [2.24, 2.45) is 0 Å². The average Bonchev–Trinajstić information content (AvgIpc) is 3.56. The largest absolute Gasteiger partial charge is 0.416 e. The molecule has 200 valence electrons. The third-order valence-corrected chi connectivity index (χ3v) is 9.21. The van der Waals surface area contributed by atoms with Gasteiger partial charge in [-0.15, -0.1) is 0 Å². The SMILES string of the molecule is O=C1C[C@@H](c2ccc(C[C@H](Nc3nc4ccccc4s3)c3nc4ccc(C(F)(F)F)cc4[nH]3)cc2)S(=O)(=O)N1. The van der Waals surface area contributed by atoms with Crippen LogP contribution in [0.5, 0.6) is 0 Å². The van der Waals surface area contributed by atoms with Crippen molar-refractivity contribution in [1.82, 2.24) is 19.7 Å². The van der Waals surface area contributed by atoms with Crippen LogP contribution in [0.4, 0.5) is 18.3 Å². The number of hydrogen-bond donors (Lipinski definition) is 3. The number of para-hydroxylation sites is 1. The number of thiazole rings is 1. The molecular formula is C26H20F3N5O3S2. The zero-order chi connectivity index (χ0) is 27.4. The molecule has 8 nitrogen and oxygen atoms in total. The summed E-state index contributed by atoms with van der Waals surface area (Å²) in [7, 11) is -3.76. The molecule has 1 aliphatic rings. The lowest BCUT2D eigenvalue weighted by atomic mass is 10.0. The molecule has 0 spiro atoms. The van der Waals surface area contributed by atoms with Gasteiger partial charge >= 0.3 is 6.18 Å². The number of halogens is 3. The summed E-state index contributed by atoms with van der Waals surface area (Å²) < 4.78 is 67.2. The van der Waals surface area contributed by atoms with E-state index < -0.39 is 39.0 Å². The van der Waals surface area contributed by atoms with Crippen LogP contribution < -0.4 is 10.0 Å². The van der Waals surface area contributed by atoms with Crippen LogP contribution in [-0.2, 0) is 27.4 Å². The standard InChI is InChI=1S/C26H20F3N5O3S2/c27-26(28,29)16-9-10-17-19(12-16)31-24(30-17)20(33-25-32-18-3-1-2-4-21(18)38-25)11-14-5-7-15(8-6-14)22-13-23(35)34-39(22,36)37/h1-10,12,20,22H,11,13H2,(H,30,31)(H,32,33)(H,34,35)/t20-,22-/m0/s1. The van der Waals surface area contributed by atoms with E-state index in [1.165, 1.54) is 17.4 Å². The summed E-state index contributed by atoms with van der Waals surface area (Å²) >= 11 is 1.44. The number of alkyl halides is 3. The van der Waals surface area contributed by atoms with Crippen molar-refractivity contribution < 1.29 is 26.4 Å². The van der Waals surface area contributed by atoms with Crippen LogP contribution >= 0.6 is 11.3 Å². The summed E-state index contributed by atoms with van der Waals surface area (Å²) in [6.07, 6.45) is -4.24. The number of benzene rings is 3. The van der Waals surface area contributed by atoms with E-state index >= 15 is 0 Å². The first-order valence-corrected chi connectivity index (χ1v) is 14.2. The number of fused-ring (bicyclic) bond motifs is 2. The fourth-order valence-electron chi connectivity index (χ4n) is 4.62. The number of anilines is 1. The summed E-state index contributed by atoms with van der Waals surface area (Å²) in [6.45, 7) is 0. The highest BCUT2D eigenvalue weighted by molar-refractivity contribution is 7.90. The Balaban J connectivity index is 1.33. The third-order valence-electron chi connectivity index (χ3n) is 6.54. The number of H-pyrrole nitrogens is 1. The van der Waals surface area contributed by atoms with Crippen molar-refractivity contribution >= 4 is 53.6 Å². The van der Waals surface area contributed by atoms with Gasteiger partial charge in [-0.3, -0.25) is 9.52 Å². The molecule has 0 radical (unpaired) electrons. The molecule has 1 saturated heterocycles. The lowest BCUT2D eigenvalue weighted by Gasteiger charge is -2.17. The van der Waals surface area contributed by atoms with E-state index in [1.54, 1.807) is 24.3 Å². The van der Waals surface area contributed by atoms with Gasteiger partial charge in [-0.2, -0.15) is 13.2 Å². The molecule has 39 heavy (non-hydrogen) atoms. The molecular weight excluding hydrogens is 551 g/mol. The monoisotopic (exact) mass is 571 g/mol. The van der Waals surface area contributed by atoms with Crippen LogP contribution in [-0.4, -0.2) is 29.3 Å². The van der Waals surface area contributed by atoms with Gasteiger partial charge in [0.1, 0.15) is 11.1 Å². The topological polar surface area (TPSA) is 117 Å². The number of nitrogens with zero attached hydrogens (tertiary/aromatic N) is 2. The summed E-state index contributed by atoms with van der Waals surface area (Å²) in [5.41, 5.74) is 2.02. The Hall–Kier alpha value is -3.97. The molecule has 5 aromatic rings. The number of rotatable bonds is 6. The molecule has 0 bridgehead atoms. The molecule has 2 aromatic heterocycles. The van der Waals surface area contributed by atoms with Crippen molar-refractivity contribution in [3.8, 4) is 0 Å². The first-order valence-electron chi connectivity index (χ1n) is 11.9. The molecule has 13 heteroatoms. The number of nitrogens with one attached hydrogen (secondary N) is 3. The Morgan fingerprint density at radius 2 is 1.79 bits per heavy atom. The zero-order valence-corrected chi connectivity index (χ0v) is 21.6. The molecule has 6 rings (SSSR count). The Morgan fingerprint density at radius 1 is 1.03 bits per heavy atom. The van der Waals surface area contributed by atoms with E-state index in [9.17, 15) is 26.4 Å². The van der Waals surface area contributed by atoms with E-state index in [-0.39, 0.29) is 11.9 Å². The second-order valence-electron chi connectivity index (χ2n) is 9.24. The lowest BCUT2D eigenvalue weighted by molar-refractivity contribution is -0.137. The van der Waals surface area contributed by atoms with Crippen LogP contribution in [0.1, 0.15) is 40.2 Å². The lowest BCUT2D eigenvalue weighted by Crippen LogP contribution is -2.21. The van der Waals surface area contributed by atoms with Gasteiger partial charge < -0.3 is 10.3 Å². The Kier molecular flexibility index (Phi) is 6.07. The minimum atomic E-state index is -4.48. The van der Waals surface area contributed by atoms with Gasteiger partial charge in [-0.1, -0.05) is 47.7 Å². The van der Waals surface area contributed by atoms with Gasteiger partial charge in [-0.05, 0) is 47.9 Å². The number of amides is 1. The first-order chi connectivity index (χ1) is 18.5. The highest BCUT2D eigenvalue weighted by Gasteiger charge is 2.37. The Morgan fingerprint density at radius 3 is 2.49 bits per heavy atom. The van der Waals surface area contributed by atoms with Gasteiger partial charge in [-0.25, -0.2) is 18.4 Å². The van der Waals surface area contributed by atoms with Crippen molar-refractivity contribution in [2.75, 3.05) is 5.32 Å². The maximum atomic E-state index is 13.3. The van der Waals surface area contributed by atoms with Crippen LogP contribution in [0, 0.1) is 0 Å². The first kappa shape index (κ1) is 25.3. The normalized spacial score (nSPS) is 17.9. The van der Waals surface area contributed by atoms with Crippen molar-refractivity contribution in [1.29, 1.82) is 0 Å². The van der Waals surface area contributed by atoms with E-state index in [4.69, 9.17) is 0 Å². The van der Waals surface area contributed by atoms with Crippen molar-refractivity contribution in [3.05, 3.63) is 89.2 Å². The van der Waals surface area contributed by atoms with Gasteiger partial charge in [0.25, 0.3) is 0 Å². The minimum Gasteiger partial charge on any atom is -0.351 e. The number of sulfonamides is 1. The average molecular weight is 572 g/mol. The molecule has 1 fully saturated rings. The fourth-order valence-corrected chi connectivity index (χ4v) is 6.97. The Bertz CT molecular complexity index is 1780. The maximum Gasteiger partial charge on any atom is 0.416 e. The van der Waals surface area contributed by atoms with Crippen LogP contribution in [0.2, 0.25) is 0 Å². The summed E-state index contributed by atoms with van der Waals surface area (Å²) in [5, 5.41) is 3.04. The van der Waals surface area contributed by atoms with E-state index in [2.05, 4.69) is 20.3 Å². The molecule has 1 aliphatic heterocycles. The van der Waals surface area contributed by atoms with Gasteiger partial charge in [0.05, 0.1) is 39.3 Å². The highest BCUT2D eigenvalue weighted by atomic mass is 32.2. The molecule has 3 aromatic carbocycles. The second kappa shape index (κ2) is 9.35. The maximum absolute atomic E-state index is 13.3. The molecule has 1 amide bonds. The predicted octanol–water partition coefficient (Wildman–Crippen LogP) is 5.48. The number of carbonyl (C=O) groups is 1. The number of aromatic nitrogens is 3. The number of imidazole rings is 1. The fraction of sp³-hybridized carbons (Fsp3) is 0.192. The van der Waals surface area contributed by atoms with E-state index in [0.29, 0.717) is 28.5 Å². The van der Waals surface area contributed by atoms with Crippen LogP contribution in [0.3, 0.4) is 0 Å². The number of hydrogen-bond acceptors (Lipinski definition) is 7. The minimum absolute atomic E-state index is 0.137. The molecule has 0 saturated carbocycles. The van der Waals surface area contributed by atoms with Crippen LogP contribution in [0.15, 0.2) is 66.7 Å². The summed E-state index contributed by atoms with van der Waals surface area (Å²) in [6, 6.07) is 17.4. The smallest absolute Gasteiger partial charge is 0.351 e. The van der Waals surface area contributed by atoms with Gasteiger partial charge in [0.2, 0.25) is 15.9 Å². The third kappa shape index (κ3) is 5.06. The zero-order valence-electron chi connectivity index (χ0n) is 20.0. The van der Waals surface area contributed by atoms with E-state index in [0.717, 1.165) is 27.9 Å². The molecule has 2 atom stereocenters.